The average molecular weight is 642 g/mol. The molecule has 0 spiro atoms. The lowest BCUT2D eigenvalue weighted by Gasteiger charge is -2.63. The molecule has 3 aliphatic rings. The van der Waals surface area contributed by atoms with Gasteiger partial charge in [-0.3, -0.25) is 4.79 Å². The summed E-state index contributed by atoms with van der Waals surface area (Å²) >= 11 is 0. The maximum atomic E-state index is 13.8. The fraction of sp³-hybridized carbons (Fsp3) is 0.765. The highest BCUT2D eigenvalue weighted by molar-refractivity contribution is 7.03. The van der Waals surface area contributed by atoms with Crippen LogP contribution in [0, 0.1) is 10.8 Å². The molecule has 0 radical (unpaired) electrons. The first-order chi connectivity index (χ1) is 19.6. The van der Waals surface area contributed by atoms with Crippen molar-refractivity contribution in [2.24, 2.45) is 10.8 Å². The number of carbonyl (C=O) groups excluding carboxylic acids is 1. The molecule has 3 fully saturated rings. The summed E-state index contributed by atoms with van der Waals surface area (Å²) in [7, 11) is -7.90. The van der Waals surface area contributed by atoms with E-state index in [-0.39, 0.29) is 31.9 Å². The molecule has 43 heavy (non-hydrogen) atoms. The zero-order valence-corrected chi connectivity index (χ0v) is 32.4. The highest BCUT2D eigenvalue weighted by atomic mass is 28.5. The molecule has 4 rings (SSSR count). The van der Waals surface area contributed by atoms with Crippen molar-refractivity contribution < 1.29 is 17.8 Å². The second-order valence-corrected chi connectivity index (χ2v) is 31.0. The second kappa shape index (κ2) is 10.9. The van der Waals surface area contributed by atoms with Crippen LogP contribution in [0.1, 0.15) is 125 Å². The number of carbonyl (C=O) groups is 1. The maximum Gasteiger partial charge on any atom is 0.344 e. The van der Waals surface area contributed by atoms with Crippen molar-refractivity contribution in [1.29, 1.82) is 0 Å². The third-order valence-electron chi connectivity index (χ3n) is 12.2. The largest absolute Gasteiger partial charge is 0.434 e. The van der Waals surface area contributed by atoms with E-state index in [2.05, 4.69) is 100 Å². The van der Waals surface area contributed by atoms with Gasteiger partial charge in [-0.25, -0.2) is 0 Å². The summed E-state index contributed by atoms with van der Waals surface area (Å²) in [6.07, 6.45) is 5.47. The minimum absolute atomic E-state index is 0.0538. The second-order valence-electron chi connectivity index (χ2n) is 17.7. The third kappa shape index (κ3) is 4.96. The summed E-state index contributed by atoms with van der Waals surface area (Å²) in [5, 5.41) is 3.42. The van der Waals surface area contributed by atoms with Crippen LogP contribution in [-0.4, -0.2) is 48.3 Å². The summed E-state index contributed by atoms with van der Waals surface area (Å²) in [6.45, 7) is 31.8. The molecule has 2 saturated heterocycles. The lowest BCUT2D eigenvalue weighted by atomic mass is 9.71. The molecule has 0 aromatic heterocycles. The Balaban J connectivity index is 1.92. The summed E-state index contributed by atoms with van der Waals surface area (Å²) in [4.78, 5) is 16.9. The maximum absolute atomic E-state index is 13.8. The van der Waals surface area contributed by atoms with E-state index in [9.17, 15) is 4.79 Å². The monoisotopic (exact) mass is 641 g/mol. The molecule has 0 bridgehead atoms. The predicted octanol–water partition coefficient (Wildman–Crippen LogP) is 9.37. The van der Waals surface area contributed by atoms with E-state index < -0.39 is 25.2 Å². The van der Waals surface area contributed by atoms with Gasteiger partial charge in [0.05, 0.1) is 11.7 Å². The van der Waals surface area contributed by atoms with Crippen molar-refractivity contribution in [3.63, 3.8) is 0 Å². The van der Waals surface area contributed by atoms with Gasteiger partial charge in [0.25, 0.3) is 12.1 Å². The molecule has 2 aliphatic heterocycles. The highest BCUT2D eigenvalue weighted by Crippen LogP contribution is 2.91. The molecule has 1 aliphatic carbocycles. The SMILES string of the molecule is CC(C)[Si]1(CC(C)(C)C)O[Si]2(CNC(=O)c3ccc(C=[N+]=[N-])cc3)O[Si](CC(C)(C)C)(C(C)C)C3(C)CCCC1(C)C32C. The van der Waals surface area contributed by atoms with E-state index in [0.29, 0.717) is 22.8 Å². The Hall–Kier alpha value is -1.36. The summed E-state index contributed by atoms with van der Waals surface area (Å²) in [6, 6.07) is 9.42. The minimum Gasteiger partial charge on any atom is -0.434 e. The van der Waals surface area contributed by atoms with Gasteiger partial charge in [-0.05, 0) is 81.2 Å². The topological polar surface area (TPSA) is 84.0 Å². The molecule has 4 atom stereocenters. The summed E-state index contributed by atoms with van der Waals surface area (Å²) in [5.74, 6) is -0.0940. The predicted molar refractivity (Wildman–Crippen MR) is 185 cm³/mol. The Labute approximate surface area is 265 Å². The first kappa shape index (κ1) is 34.5. The molecule has 1 saturated carbocycles. The summed E-state index contributed by atoms with van der Waals surface area (Å²) in [5.41, 5.74) is 11.4. The highest BCUT2D eigenvalue weighted by Gasteiger charge is 2.91. The molecule has 1 aromatic rings. The van der Waals surface area contributed by atoms with Crippen molar-refractivity contribution in [1.82, 2.24) is 5.32 Å². The van der Waals surface area contributed by atoms with Crippen LogP contribution >= 0.6 is 0 Å². The normalized spacial score (nSPS) is 37.4. The van der Waals surface area contributed by atoms with Crippen LogP contribution in [0.25, 0.3) is 5.53 Å². The molecule has 1 amide bonds. The Morgan fingerprint density at radius 2 is 1.35 bits per heavy atom. The van der Waals surface area contributed by atoms with Gasteiger partial charge in [0.15, 0.2) is 16.6 Å². The van der Waals surface area contributed by atoms with Gasteiger partial charge < -0.3 is 19.1 Å². The molecular formula is C34H59N3O3Si3. The Kier molecular flexibility index (Phi) is 8.73. The van der Waals surface area contributed by atoms with Gasteiger partial charge in [0.1, 0.15) is 0 Å². The van der Waals surface area contributed by atoms with E-state index in [1.54, 1.807) is 24.3 Å². The van der Waals surface area contributed by atoms with Crippen LogP contribution < -0.4 is 5.32 Å². The van der Waals surface area contributed by atoms with Gasteiger partial charge in [-0.15, -0.1) is 0 Å². The average Bonchev–Trinajstić information content (AvgIpc) is 3.14. The molecule has 240 valence electrons. The van der Waals surface area contributed by atoms with E-state index in [0.717, 1.165) is 17.7 Å². The fourth-order valence-electron chi connectivity index (χ4n) is 10.3. The van der Waals surface area contributed by atoms with Crippen LogP contribution in [0.3, 0.4) is 0 Å². The standard InChI is InChI=1S/C34H59N3O3Si3/c1-25(2)41(22-30(5,6)7)32(11)19-14-20-33(12)34(32,13)43(39-41,40-42(33,26(3)4)23-31(8,9)10)24-36-29(38)28-17-15-27(16-18-28)21-37-35/h15-18,21,25-26H,14,19-20,22-24H2,1-13H3,(H,36,38). The van der Waals surface area contributed by atoms with E-state index in [1.165, 1.54) is 25.5 Å². The quantitative estimate of drug-likeness (QED) is 0.133. The number of hydrogen-bond acceptors (Lipinski definition) is 3. The van der Waals surface area contributed by atoms with Crippen molar-refractivity contribution in [2.45, 2.75) is 148 Å². The van der Waals surface area contributed by atoms with Crippen LogP contribution in [-0.2, 0) is 8.23 Å². The molecule has 1 N–H and O–H groups in total. The van der Waals surface area contributed by atoms with Gasteiger partial charge in [0.2, 0.25) is 0 Å². The Bertz CT molecular complexity index is 1230. The Morgan fingerprint density at radius 1 is 0.907 bits per heavy atom. The van der Waals surface area contributed by atoms with Crippen LogP contribution in [0.15, 0.2) is 24.3 Å². The number of amides is 1. The minimum atomic E-state index is -3.04. The van der Waals surface area contributed by atoms with E-state index in [4.69, 9.17) is 13.8 Å². The first-order valence-corrected chi connectivity index (χ1v) is 23.0. The number of rotatable bonds is 8. The molecule has 9 heteroatoms. The van der Waals surface area contributed by atoms with Gasteiger partial charge in [0, 0.05) is 10.6 Å². The van der Waals surface area contributed by atoms with E-state index >= 15 is 0 Å². The van der Waals surface area contributed by atoms with Crippen molar-refractivity contribution in [3.8, 4) is 0 Å². The third-order valence-corrected chi connectivity index (χ3v) is 33.7. The number of nitrogens with one attached hydrogen (secondary N) is 1. The lowest BCUT2D eigenvalue weighted by molar-refractivity contribution is 0.00455. The zero-order valence-electron chi connectivity index (χ0n) is 29.4. The van der Waals surface area contributed by atoms with Crippen molar-refractivity contribution in [2.75, 3.05) is 6.17 Å². The fourth-order valence-corrected chi connectivity index (χ4v) is 38.0. The first-order valence-electron chi connectivity index (χ1n) is 16.6. The summed E-state index contributed by atoms with van der Waals surface area (Å²) < 4.78 is 16.1. The number of benzene rings is 1. The Morgan fingerprint density at radius 3 is 1.72 bits per heavy atom. The van der Waals surface area contributed by atoms with Gasteiger partial charge in [-0.1, -0.05) is 96.4 Å². The zero-order chi connectivity index (χ0) is 32.5. The number of nitrogens with zero attached hydrogens (tertiary/aromatic N) is 2. The molecular weight excluding hydrogens is 583 g/mol. The smallest absolute Gasteiger partial charge is 0.344 e. The van der Waals surface area contributed by atoms with E-state index in [1.807, 2.05) is 0 Å². The molecule has 2 heterocycles. The molecule has 1 aromatic carbocycles. The lowest BCUT2D eigenvalue weighted by Crippen LogP contribution is -2.61. The van der Waals surface area contributed by atoms with Crippen LogP contribution in [0.5, 0.6) is 0 Å². The van der Waals surface area contributed by atoms with Crippen molar-refractivity contribution in [3.05, 3.63) is 40.9 Å². The van der Waals surface area contributed by atoms with Crippen LogP contribution in [0.2, 0.25) is 38.3 Å². The van der Waals surface area contributed by atoms with Crippen LogP contribution in [0.4, 0.5) is 0 Å². The van der Waals surface area contributed by atoms with Gasteiger partial charge in [-0.2, -0.15) is 4.79 Å². The van der Waals surface area contributed by atoms with Crippen molar-refractivity contribution >= 4 is 37.3 Å². The van der Waals surface area contributed by atoms with Gasteiger partial charge >= 0.3 is 8.56 Å². The molecule has 6 nitrogen and oxygen atoms in total. The number of hydrogen-bond donors (Lipinski definition) is 1. The molecule has 4 unspecified atom stereocenters.